The molecule has 1 rings (SSSR count). The smallest absolute Gasteiger partial charge is 0.433 e. The lowest BCUT2D eigenvalue weighted by molar-refractivity contribution is 0.159. The van der Waals surface area contributed by atoms with E-state index in [4.69, 9.17) is 0 Å². The third-order valence-corrected chi connectivity index (χ3v) is 0.838. The van der Waals surface area contributed by atoms with Crippen molar-refractivity contribution in [2.24, 2.45) is 5.29 Å². The molecule has 1 saturated heterocycles. The van der Waals surface area contributed by atoms with Crippen LogP contribution >= 0.6 is 0 Å². The van der Waals surface area contributed by atoms with Gasteiger partial charge in [-0.25, -0.2) is 4.79 Å². The summed E-state index contributed by atoms with van der Waals surface area (Å²) in [5.41, 5.74) is 0. The Bertz CT molecular complexity index is 124. The van der Waals surface area contributed by atoms with Crippen molar-refractivity contribution in [3.63, 3.8) is 0 Å². The second-order valence-electron chi connectivity index (χ2n) is 1.32. The van der Waals surface area contributed by atoms with Gasteiger partial charge in [-0.2, -0.15) is 5.01 Å². The number of carbonyl (C=O) groups is 1. The van der Waals surface area contributed by atoms with Crippen molar-refractivity contribution in [2.45, 2.75) is 0 Å². The number of carbonyl (C=O) groups excluding carboxylic acids is 1. The van der Waals surface area contributed by atoms with Crippen molar-refractivity contribution in [3.05, 3.63) is 4.91 Å². The Morgan fingerprint density at radius 1 is 1.75 bits per heavy atom. The van der Waals surface area contributed by atoms with E-state index in [-0.39, 0.29) is 13.2 Å². The van der Waals surface area contributed by atoms with Crippen LogP contribution in [0.15, 0.2) is 5.29 Å². The predicted octanol–water partition coefficient (Wildman–Crippen LogP) is 0.120. The molecule has 5 nitrogen and oxygen atoms in total. The van der Waals surface area contributed by atoms with Crippen LogP contribution in [-0.2, 0) is 4.74 Å². The summed E-state index contributed by atoms with van der Waals surface area (Å²) in [4.78, 5) is 19.8. The van der Waals surface area contributed by atoms with E-state index >= 15 is 0 Å². The Kier molecular flexibility index (Phi) is 1.11. The molecular formula is C3H4N2O3. The minimum atomic E-state index is -0.653. The van der Waals surface area contributed by atoms with Gasteiger partial charge in [0.1, 0.15) is 6.61 Å². The van der Waals surface area contributed by atoms with Crippen LogP contribution < -0.4 is 0 Å². The average Bonchev–Trinajstić information content (AvgIpc) is 2.14. The molecule has 0 aromatic carbocycles. The monoisotopic (exact) mass is 116 g/mol. The number of hydrogen-bond donors (Lipinski definition) is 0. The molecule has 44 valence electrons. The molecule has 0 aromatic heterocycles. The molecule has 0 saturated carbocycles. The van der Waals surface area contributed by atoms with E-state index in [1.54, 1.807) is 0 Å². The Morgan fingerprint density at radius 2 is 2.50 bits per heavy atom. The summed E-state index contributed by atoms with van der Waals surface area (Å²) in [6.45, 7) is 0.549. The first kappa shape index (κ1) is 5.02. The first-order valence-corrected chi connectivity index (χ1v) is 2.12. The van der Waals surface area contributed by atoms with Crippen LogP contribution in [0.1, 0.15) is 0 Å². The van der Waals surface area contributed by atoms with E-state index in [9.17, 15) is 9.70 Å². The quantitative estimate of drug-likeness (QED) is 0.457. The van der Waals surface area contributed by atoms with Gasteiger partial charge in [0.2, 0.25) is 0 Å². The van der Waals surface area contributed by atoms with Gasteiger partial charge in [0.15, 0.2) is 0 Å². The largest absolute Gasteiger partial charge is 0.446 e. The molecule has 1 aliphatic heterocycles. The number of rotatable bonds is 1. The van der Waals surface area contributed by atoms with Crippen molar-refractivity contribution in [1.82, 2.24) is 5.01 Å². The molecule has 0 unspecified atom stereocenters. The summed E-state index contributed by atoms with van der Waals surface area (Å²) < 4.78 is 4.35. The molecular weight excluding hydrogens is 112 g/mol. The van der Waals surface area contributed by atoms with Crippen LogP contribution in [0.3, 0.4) is 0 Å². The molecule has 0 atom stereocenters. The number of hydrogen-bond acceptors (Lipinski definition) is 4. The Balaban J connectivity index is 2.54. The van der Waals surface area contributed by atoms with Crippen molar-refractivity contribution in [2.75, 3.05) is 13.2 Å². The van der Waals surface area contributed by atoms with Crippen molar-refractivity contribution in [1.29, 1.82) is 0 Å². The van der Waals surface area contributed by atoms with Gasteiger partial charge in [-0.15, -0.1) is 4.91 Å². The SMILES string of the molecule is O=NN1CCOC1=O. The predicted molar refractivity (Wildman–Crippen MR) is 23.8 cm³/mol. The van der Waals surface area contributed by atoms with E-state index in [0.717, 1.165) is 5.01 Å². The number of nitrogens with zero attached hydrogens (tertiary/aromatic N) is 2. The molecule has 1 aliphatic rings. The average molecular weight is 116 g/mol. The maximum Gasteiger partial charge on any atom is 0.433 e. The van der Waals surface area contributed by atoms with Crippen LogP contribution in [0.5, 0.6) is 0 Å². The van der Waals surface area contributed by atoms with Crippen LogP contribution in [0.25, 0.3) is 0 Å². The van der Waals surface area contributed by atoms with Crippen LogP contribution in [0, 0.1) is 4.91 Å². The highest BCUT2D eigenvalue weighted by Gasteiger charge is 2.21. The van der Waals surface area contributed by atoms with Crippen LogP contribution in [-0.4, -0.2) is 24.3 Å². The van der Waals surface area contributed by atoms with Gasteiger partial charge >= 0.3 is 6.09 Å². The van der Waals surface area contributed by atoms with E-state index < -0.39 is 6.09 Å². The summed E-state index contributed by atoms with van der Waals surface area (Å²) >= 11 is 0. The highest BCUT2D eigenvalue weighted by Crippen LogP contribution is 2.01. The Labute approximate surface area is 45.2 Å². The summed E-state index contributed by atoms with van der Waals surface area (Å²) in [5.74, 6) is 0. The van der Waals surface area contributed by atoms with Crippen molar-refractivity contribution >= 4 is 6.09 Å². The summed E-state index contributed by atoms with van der Waals surface area (Å²) in [7, 11) is 0. The zero-order chi connectivity index (χ0) is 5.98. The van der Waals surface area contributed by atoms with Gasteiger partial charge in [0.25, 0.3) is 0 Å². The first-order chi connectivity index (χ1) is 3.84. The zero-order valence-electron chi connectivity index (χ0n) is 4.03. The van der Waals surface area contributed by atoms with Crippen LogP contribution in [0.4, 0.5) is 4.79 Å². The molecule has 0 bridgehead atoms. The van der Waals surface area contributed by atoms with Gasteiger partial charge in [-0.3, -0.25) is 0 Å². The molecule has 8 heavy (non-hydrogen) atoms. The van der Waals surface area contributed by atoms with Gasteiger partial charge in [0, 0.05) is 0 Å². The lowest BCUT2D eigenvalue weighted by Gasteiger charge is -1.94. The molecule has 0 aliphatic carbocycles. The van der Waals surface area contributed by atoms with Gasteiger partial charge in [0.05, 0.1) is 11.8 Å². The van der Waals surface area contributed by atoms with Gasteiger partial charge in [-0.05, 0) is 0 Å². The second kappa shape index (κ2) is 1.77. The molecule has 5 heteroatoms. The number of amides is 1. The fourth-order valence-electron chi connectivity index (χ4n) is 0.459. The minimum Gasteiger partial charge on any atom is -0.446 e. The molecule has 0 radical (unpaired) electrons. The third kappa shape index (κ3) is 0.617. The Hall–Kier alpha value is -1.13. The Morgan fingerprint density at radius 3 is 2.75 bits per heavy atom. The second-order valence-corrected chi connectivity index (χ2v) is 1.32. The van der Waals surface area contributed by atoms with Crippen molar-refractivity contribution in [3.8, 4) is 0 Å². The highest BCUT2D eigenvalue weighted by molar-refractivity contribution is 5.68. The van der Waals surface area contributed by atoms with E-state index in [1.165, 1.54) is 0 Å². The van der Waals surface area contributed by atoms with Gasteiger partial charge in [-0.1, -0.05) is 0 Å². The number of nitroso groups, excluding NO2 is 1. The fourth-order valence-corrected chi connectivity index (χ4v) is 0.459. The van der Waals surface area contributed by atoms with Crippen molar-refractivity contribution < 1.29 is 9.53 Å². The van der Waals surface area contributed by atoms with E-state index in [2.05, 4.69) is 10.0 Å². The maximum absolute atomic E-state index is 10.2. The molecule has 0 N–H and O–H groups in total. The molecule has 1 heterocycles. The molecule has 1 amide bonds. The van der Waals surface area contributed by atoms with Gasteiger partial charge < -0.3 is 4.74 Å². The van der Waals surface area contributed by atoms with E-state index in [0.29, 0.717) is 0 Å². The maximum atomic E-state index is 10.2. The molecule has 1 fully saturated rings. The van der Waals surface area contributed by atoms with Crippen LogP contribution in [0.2, 0.25) is 0 Å². The molecule has 0 spiro atoms. The van der Waals surface area contributed by atoms with E-state index in [1.807, 2.05) is 0 Å². The lowest BCUT2D eigenvalue weighted by atomic mass is 10.7. The topological polar surface area (TPSA) is 59.0 Å². The number of ether oxygens (including phenoxy) is 1. The fraction of sp³-hybridized carbons (Fsp3) is 0.667. The molecule has 0 aromatic rings. The third-order valence-electron chi connectivity index (χ3n) is 0.838. The summed E-state index contributed by atoms with van der Waals surface area (Å²) in [6.07, 6.45) is -0.653. The highest BCUT2D eigenvalue weighted by atomic mass is 16.6. The summed E-state index contributed by atoms with van der Waals surface area (Å²) in [6, 6.07) is 0. The zero-order valence-corrected chi connectivity index (χ0v) is 4.03. The first-order valence-electron chi connectivity index (χ1n) is 2.12. The standard InChI is InChI=1S/C3H4N2O3/c6-3-5(4-7)1-2-8-3/h1-2H2. The number of cyclic esters (lactones) is 1. The summed E-state index contributed by atoms with van der Waals surface area (Å²) in [5, 5.41) is 3.11. The lowest BCUT2D eigenvalue weighted by Crippen LogP contribution is -2.15. The minimum absolute atomic E-state index is 0.268. The normalized spacial score (nSPS) is 18.5.